The van der Waals surface area contributed by atoms with Crippen molar-refractivity contribution >= 4 is 6.16 Å². The van der Waals surface area contributed by atoms with Gasteiger partial charge in [-0.25, -0.2) is 4.79 Å². The fourth-order valence-electron chi connectivity index (χ4n) is 1.68. The number of hydrogen-bond acceptors (Lipinski definition) is 5. The van der Waals surface area contributed by atoms with Crippen LogP contribution in [0.5, 0.6) is 0 Å². The second kappa shape index (κ2) is 15.1. The molecule has 0 amide bonds. The molecular weight excluding hydrogens is 284 g/mol. The molecule has 0 radical (unpaired) electrons. The van der Waals surface area contributed by atoms with E-state index in [1.165, 1.54) is 0 Å². The van der Waals surface area contributed by atoms with Gasteiger partial charge in [0.2, 0.25) is 0 Å². The predicted octanol–water partition coefficient (Wildman–Crippen LogP) is 4.33. The van der Waals surface area contributed by atoms with Gasteiger partial charge in [-0.2, -0.15) is 0 Å². The first-order valence-corrected chi connectivity index (χ1v) is 8.62. The minimum Gasteiger partial charge on any atom is -0.434 e. The van der Waals surface area contributed by atoms with Gasteiger partial charge in [0.25, 0.3) is 0 Å². The highest BCUT2D eigenvalue weighted by atomic mass is 16.7. The Labute approximate surface area is 135 Å². The lowest BCUT2D eigenvalue weighted by Gasteiger charge is -2.14. The highest BCUT2D eigenvalue weighted by Crippen LogP contribution is 2.03. The molecule has 0 saturated heterocycles. The Morgan fingerprint density at radius 3 is 1.55 bits per heavy atom. The van der Waals surface area contributed by atoms with Crippen LogP contribution in [0, 0.1) is 0 Å². The summed E-state index contributed by atoms with van der Waals surface area (Å²) >= 11 is 0. The van der Waals surface area contributed by atoms with Gasteiger partial charge in [-0.3, -0.25) is 0 Å². The molecule has 0 aliphatic heterocycles. The zero-order chi connectivity index (χ0) is 16.6. The maximum absolute atomic E-state index is 11.4. The first kappa shape index (κ1) is 21.2. The van der Waals surface area contributed by atoms with Gasteiger partial charge in [-0.1, -0.05) is 26.7 Å². The number of ether oxygens (including phenoxy) is 4. The highest BCUT2D eigenvalue weighted by Gasteiger charge is 2.08. The lowest BCUT2D eigenvalue weighted by atomic mass is 10.3. The minimum absolute atomic E-state index is 0.103. The summed E-state index contributed by atoms with van der Waals surface area (Å²) in [5, 5.41) is 0. The van der Waals surface area contributed by atoms with Crippen molar-refractivity contribution in [2.75, 3.05) is 26.4 Å². The van der Waals surface area contributed by atoms with Gasteiger partial charge in [-0.15, -0.1) is 0 Å². The molecule has 0 N–H and O–H groups in total. The van der Waals surface area contributed by atoms with Crippen LogP contribution in [0.2, 0.25) is 0 Å². The minimum atomic E-state index is -0.610. The SMILES string of the molecule is CCCCOC(C)CCOC(=O)OCCC(C)OCCCC. The molecule has 2 atom stereocenters. The van der Waals surface area contributed by atoms with E-state index < -0.39 is 6.16 Å². The monoisotopic (exact) mass is 318 g/mol. The van der Waals surface area contributed by atoms with Crippen LogP contribution in [0.25, 0.3) is 0 Å². The Bertz CT molecular complexity index is 233. The largest absolute Gasteiger partial charge is 0.508 e. The zero-order valence-electron chi connectivity index (χ0n) is 14.8. The van der Waals surface area contributed by atoms with Crippen molar-refractivity contribution in [3.63, 3.8) is 0 Å². The quantitative estimate of drug-likeness (QED) is 0.352. The van der Waals surface area contributed by atoms with Crippen LogP contribution in [-0.2, 0) is 18.9 Å². The van der Waals surface area contributed by atoms with E-state index in [0.717, 1.165) is 38.9 Å². The summed E-state index contributed by atoms with van der Waals surface area (Å²) in [6.45, 7) is 10.4. The van der Waals surface area contributed by atoms with Crippen LogP contribution in [0.15, 0.2) is 0 Å². The molecule has 0 aliphatic carbocycles. The van der Waals surface area contributed by atoms with E-state index in [9.17, 15) is 4.79 Å². The summed E-state index contributed by atoms with van der Waals surface area (Å²) in [5.74, 6) is 0. The number of rotatable bonds is 14. The van der Waals surface area contributed by atoms with E-state index in [0.29, 0.717) is 26.1 Å². The first-order valence-electron chi connectivity index (χ1n) is 8.62. The standard InChI is InChI=1S/C17H34O5/c1-5-7-11-19-15(3)9-13-21-17(18)22-14-10-16(4)20-12-8-6-2/h15-16H,5-14H2,1-4H3. The lowest BCUT2D eigenvalue weighted by molar-refractivity contribution is 0.00991. The van der Waals surface area contributed by atoms with Gasteiger partial charge < -0.3 is 18.9 Å². The van der Waals surface area contributed by atoms with Crippen LogP contribution < -0.4 is 0 Å². The lowest BCUT2D eigenvalue weighted by Crippen LogP contribution is -2.17. The van der Waals surface area contributed by atoms with E-state index in [1.807, 2.05) is 13.8 Å². The number of hydrogen-bond donors (Lipinski definition) is 0. The summed E-state index contributed by atoms with van der Waals surface area (Å²) < 4.78 is 21.2. The van der Waals surface area contributed by atoms with E-state index in [2.05, 4.69) is 13.8 Å². The van der Waals surface area contributed by atoms with Crippen molar-refractivity contribution in [3.8, 4) is 0 Å². The van der Waals surface area contributed by atoms with Gasteiger partial charge in [0.15, 0.2) is 0 Å². The number of unbranched alkanes of at least 4 members (excludes halogenated alkanes) is 2. The summed E-state index contributed by atoms with van der Waals surface area (Å²) in [5.41, 5.74) is 0. The molecule has 0 aromatic heterocycles. The third-order valence-electron chi connectivity index (χ3n) is 3.29. The second-order valence-electron chi connectivity index (χ2n) is 5.59. The molecule has 0 spiro atoms. The predicted molar refractivity (Wildman–Crippen MR) is 87.2 cm³/mol. The molecule has 0 fully saturated rings. The zero-order valence-corrected chi connectivity index (χ0v) is 14.8. The van der Waals surface area contributed by atoms with E-state index in [-0.39, 0.29) is 12.2 Å². The Hall–Kier alpha value is -0.810. The van der Waals surface area contributed by atoms with Crippen molar-refractivity contribution in [1.82, 2.24) is 0 Å². The van der Waals surface area contributed by atoms with Crippen LogP contribution >= 0.6 is 0 Å². The Kier molecular flexibility index (Phi) is 14.5. The molecule has 2 unspecified atom stereocenters. The smallest absolute Gasteiger partial charge is 0.434 e. The Morgan fingerprint density at radius 1 is 0.773 bits per heavy atom. The maximum atomic E-state index is 11.4. The van der Waals surface area contributed by atoms with Crippen LogP contribution in [0.1, 0.15) is 66.2 Å². The first-order chi connectivity index (χ1) is 10.6. The molecule has 0 aliphatic rings. The van der Waals surface area contributed by atoms with Crippen LogP contribution in [-0.4, -0.2) is 44.8 Å². The third-order valence-corrected chi connectivity index (χ3v) is 3.29. The average molecular weight is 318 g/mol. The van der Waals surface area contributed by atoms with Crippen LogP contribution in [0.4, 0.5) is 4.79 Å². The Balaban J connectivity index is 3.45. The third kappa shape index (κ3) is 14.1. The fourth-order valence-corrected chi connectivity index (χ4v) is 1.68. The van der Waals surface area contributed by atoms with Gasteiger partial charge in [-0.05, 0) is 26.7 Å². The summed E-state index contributed by atoms with van der Waals surface area (Å²) in [6.07, 6.45) is 5.34. The summed E-state index contributed by atoms with van der Waals surface area (Å²) in [7, 11) is 0. The van der Waals surface area contributed by atoms with Crippen molar-refractivity contribution in [2.24, 2.45) is 0 Å². The molecule has 5 heteroatoms. The second-order valence-corrected chi connectivity index (χ2v) is 5.59. The summed E-state index contributed by atoms with van der Waals surface area (Å²) in [6, 6.07) is 0. The summed E-state index contributed by atoms with van der Waals surface area (Å²) in [4.78, 5) is 11.4. The van der Waals surface area contributed by atoms with Gasteiger partial charge in [0, 0.05) is 26.1 Å². The van der Waals surface area contributed by atoms with Gasteiger partial charge in [0.1, 0.15) is 0 Å². The van der Waals surface area contributed by atoms with Gasteiger partial charge >= 0.3 is 6.16 Å². The highest BCUT2D eigenvalue weighted by molar-refractivity contribution is 5.59. The molecular formula is C17H34O5. The molecule has 0 bridgehead atoms. The van der Waals surface area contributed by atoms with Crippen molar-refractivity contribution in [3.05, 3.63) is 0 Å². The Morgan fingerprint density at radius 2 is 1.18 bits per heavy atom. The molecule has 132 valence electrons. The molecule has 0 aromatic carbocycles. The molecule has 5 nitrogen and oxygen atoms in total. The molecule has 22 heavy (non-hydrogen) atoms. The average Bonchev–Trinajstić information content (AvgIpc) is 2.48. The molecule has 0 rings (SSSR count). The molecule has 0 aromatic rings. The van der Waals surface area contributed by atoms with Crippen molar-refractivity contribution in [1.29, 1.82) is 0 Å². The normalized spacial score (nSPS) is 13.6. The number of carbonyl (C=O) groups excluding carboxylic acids is 1. The number of carbonyl (C=O) groups is 1. The van der Waals surface area contributed by atoms with E-state index in [1.54, 1.807) is 0 Å². The topological polar surface area (TPSA) is 54.0 Å². The van der Waals surface area contributed by atoms with Crippen molar-refractivity contribution < 1.29 is 23.7 Å². The van der Waals surface area contributed by atoms with E-state index >= 15 is 0 Å². The molecule has 0 heterocycles. The van der Waals surface area contributed by atoms with Crippen LogP contribution in [0.3, 0.4) is 0 Å². The fraction of sp³-hybridized carbons (Fsp3) is 0.941. The van der Waals surface area contributed by atoms with E-state index in [4.69, 9.17) is 18.9 Å². The maximum Gasteiger partial charge on any atom is 0.508 e. The van der Waals surface area contributed by atoms with Crippen molar-refractivity contribution in [2.45, 2.75) is 78.4 Å². The van der Waals surface area contributed by atoms with Gasteiger partial charge in [0.05, 0.1) is 25.4 Å². The molecule has 0 saturated carbocycles.